The fourth-order valence-corrected chi connectivity index (χ4v) is 7.86. The van der Waals surface area contributed by atoms with Crippen LogP contribution in [0.1, 0.15) is 179 Å². The van der Waals surface area contributed by atoms with Crippen LogP contribution in [0.3, 0.4) is 0 Å². The van der Waals surface area contributed by atoms with Crippen LogP contribution in [-0.2, 0) is 22.7 Å². The molecule has 0 unspecified atom stereocenters. The second kappa shape index (κ2) is 30.5. The summed E-state index contributed by atoms with van der Waals surface area (Å²) in [4.78, 5) is 50.8. The van der Waals surface area contributed by atoms with E-state index in [-0.39, 0.29) is 11.8 Å². The van der Waals surface area contributed by atoms with Gasteiger partial charge in [-0.3, -0.25) is 19.6 Å². The lowest BCUT2D eigenvalue weighted by Crippen LogP contribution is -2.40. The monoisotopic (exact) mass is 817 g/mol. The molecule has 60 heavy (non-hydrogen) atoms. The van der Waals surface area contributed by atoms with Crippen LogP contribution in [0.25, 0.3) is 22.8 Å². The molecular formula is C52H76N6O2. The molecule has 0 aliphatic rings. The Kier molecular flexibility index (Phi) is 24.5. The number of aromatic nitrogens is 4. The molecule has 4 rings (SSSR count). The Labute approximate surface area is 363 Å². The minimum atomic E-state index is 0.115. The molecular weight excluding hydrogens is 741 g/mol. The van der Waals surface area contributed by atoms with E-state index in [1.165, 1.54) is 116 Å². The van der Waals surface area contributed by atoms with E-state index in [4.69, 9.17) is 9.97 Å². The lowest BCUT2D eigenvalue weighted by molar-refractivity contribution is -0.136. The van der Waals surface area contributed by atoms with E-state index in [2.05, 4.69) is 23.8 Å². The van der Waals surface area contributed by atoms with Crippen molar-refractivity contribution in [1.82, 2.24) is 29.7 Å². The van der Waals surface area contributed by atoms with E-state index in [1.807, 2.05) is 82.6 Å². The summed E-state index contributed by atoms with van der Waals surface area (Å²) in [5.74, 6) is 0.230. The van der Waals surface area contributed by atoms with Gasteiger partial charge >= 0.3 is 0 Å². The summed E-state index contributed by atoms with van der Waals surface area (Å²) >= 11 is 0. The molecule has 0 aromatic carbocycles. The first-order chi connectivity index (χ1) is 29.6. The summed E-state index contributed by atoms with van der Waals surface area (Å²) in [6, 6.07) is 23.5. The zero-order valence-electron chi connectivity index (χ0n) is 37.4. The molecule has 0 saturated carbocycles. The van der Waals surface area contributed by atoms with Crippen LogP contribution >= 0.6 is 0 Å². The van der Waals surface area contributed by atoms with Gasteiger partial charge in [-0.2, -0.15) is 0 Å². The first-order valence-corrected chi connectivity index (χ1v) is 23.9. The van der Waals surface area contributed by atoms with Crippen molar-refractivity contribution in [2.45, 2.75) is 181 Å². The van der Waals surface area contributed by atoms with Gasteiger partial charge in [0.25, 0.3) is 0 Å². The molecule has 4 heterocycles. The van der Waals surface area contributed by atoms with Crippen LogP contribution in [0.2, 0.25) is 0 Å². The number of carbonyl (C=O) groups excluding carboxylic acids is 2. The van der Waals surface area contributed by atoms with Crippen molar-refractivity contribution in [3.8, 4) is 22.8 Å². The van der Waals surface area contributed by atoms with Gasteiger partial charge in [0.1, 0.15) is 0 Å². The Bertz CT molecular complexity index is 1590. The van der Waals surface area contributed by atoms with Crippen LogP contribution in [0, 0.1) is 0 Å². The van der Waals surface area contributed by atoms with Gasteiger partial charge in [-0.25, -0.2) is 9.97 Å². The van der Waals surface area contributed by atoms with Gasteiger partial charge < -0.3 is 9.80 Å². The zero-order valence-corrected chi connectivity index (χ0v) is 37.4. The molecule has 0 aliphatic carbocycles. The summed E-state index contributed by atoms with van der Waals surface area (Å²) in [6.07, 6.45) is 31.8. The molecule has 0 bridgehead atoms. The van der Waals surface area contributed by atoms with Crippen LogP contribution < -0.4 is 0 Å². The Hall–Kier alpha value is -4.46. The van der Waals surface area contributed by atoms with Crippen molar-refractivity contribution in [1.29, 1.82) is 0 Å². The van der Waals surface area contributed by atoms with Crippen molar-refractivity contribution >= 4 is 11.8 Å². The molecule has 8 nitrogen and oxygen atoms in total. The highest BCUT2D eigenvalue weighted by molar-refractivity contribution is 5.77. The number of pyridine rings is 4. The van der Waals surface area contributed by atoms with Gasteiger partial charge in [-0.15, -0.1) is 0 Å². The van der Waals surface area contributed by atoms with Crippen molar-refractivity contribution in [2.75, 3.05) is 13.1 Å². The van der Waals surface area contributed by atoms with Gasteiger partial charge in [0.2, 0.25) is 11.8 Å². The molecule has 0 radical (unpaired) electrons. The van der Waals surface area contributed by atoms with Crippen molar-refractivity contribution < 1.29 is 9.59 Å². The van der Waals surface area contributed by atoms with Crippen LogP contribution in [-0.4, -0.2) is 54.6 Å². The van der Waals surface area contributed by atoms with Gasteiger partial charge in [-0.1, -0.05) is 167 Å². The summed E-state index contributed by atoms with van der Waals surface area (Å²) in [7, 11) is 0. The number of nitrogens with zero attached hydrogens (tertiary/aromatic N) is 6. The molecule has 0 saturated heterocycles. The van der Waals surface area contributed by atoms with E-state index in [1.54, 1.807) is 12.4 Å². The largest absolute Gasteiger partial charge is 0.335 e. The summed E-state index contributed by atoms with van der Waals surface area (Å²) in [6.45, 7) is 6.15. The van der Waals surface area contributed by atoms with E-state index >= 15 is 0 Å². The van der Waals surface area contributed by atoms with Crippen LogP contribution in [0.4, 0.5) is 0 Å². The van der Waals surface area contributed by atoms with Gasteiger partial charge in [-0.05, 0) is 61.4 Å². The molecule has 4 aromatic rings. The molecule has 0 aliphatic heterocycles. The minimum Gasteiger partial charge on any atom is -0.335 e. The molecule has 0 atom stereocenters. The Balaban J connectivity index is 1.39. The standard InChI is InChI=1S/C52H76N6O2/c1-3-5-7-9-11-13-15-17-19-21-23-37-51(59)57(43-45-31-29-35-49(55-45)47-33-25-27-39-53-47)41-42-58(44-46-32-30-36-50(56-46)48-34-26-28-40-54-48)52(60)38-24-22-20-18-16-14-12-10-8-6-4-2/h25-36,39-40H,3-24,37-38,41-44H2,1-2H3. The first kappa shape index (κ1) is 48.2. The highest BCUT2D eigenvalue weighted by Crippen LogP contribution is 2.19. The SMILES string of the molecule is CCCCCCCCCCCCCC(=O)N(CCN(Cc1cccc(-c2ccccn2)n1)C(=O)CCCCCCCCCCCCC)Cc1cccc(-c2ccccn2)n1. The lowest BCUT2D eigenvalue weighted by Gasteiger charge is -2.28. The Morgan fingerprint density at radius 2 is 0.733 bits per heavy atom. The summed E-state index contributed by atoms with van der Waals surface area (Å²) < 4.78 is 0. The maximum absolute atomic E-state index is 14.1. The van der Waals surface area contributed by atoms with E-state index in [0.29, 0.717) is 39.0 Å². The molecule has 0 N–H and O–H groups in total. The van der Waals surface area contributed by atoms with Crippen LogP contribution in [0.15, 0.2) is 85.2 Å². The van der Waals surface area contributed by atoms with E-state index in [0.717, 1.165) is 59.8 Å². The van der Waals surface area contributed by atoms with E-state index in [9.17, 15) is 9.59 Å². The third-order valence-corrected chi connectivity index (χ3v) is 11.5. The predicted molar refractivity (Wildman–Crippen MR) is 248 cm³/mol. The number of carbonyl (C=O) groups is 2. The normalized spacial score (nSPS) is 11.2. The van der Waals surface area contributed by atoms with Gasteiger partial charge in [0.05, 0.1) is 47.3 Å². The number of hydrogen-bond acceptors (Lipinski definition) is 6. The summed E-state index contributed by atoms with van der Waals surface area (Å²) in [5, 5.41) is 0. The third kappa shape index (κ3) is 19.7. The van der Waals surface area contributed by atoms with Gasteiger partial charge in [0.15, 0.2) is 0 Å². The number of amides is 2. The second-order valence-electron chi connectivity index (χ2n) is 16.7. The maximum Gasteiger partial charge on any atom is 0.222 e. The number of unbranched alkanes of at least 4 members (excludes halogenated alkanes) is 20. The second-order valence-corrected chi connectivity index (χ2v) is 16.7. The number of hydrogen-bond donors (Lipinski definition) is 0. The lowest BCUT2D eigenvalue weighted by atomic mass is 10.0. The van der Waals surface area contributed by atoms with Gasteiger partial charge in [0, 0.05) is 38.3 Å². The fourth-order valence-electron chi connectivity index (χ4n) is 7.86. The minimum absolute atomic E-state index is 0.115. The molecule has 0 spiro atoms. The number of rotatable bonds is 33. The average Bonchev–Trinajstić information content (AvgIpc) is 3.29. The van der Waals surface area contributed by atoms with Crippen molar-refractivity contribution in [2.24, 2.45) is 0 Å². The topological polar surface area (TPSA) is 92.2 Å². The fraction of sp³-hybridized carbons (Fsp3) is 0.577. The zero-order chi connectivity index (χ0) is 42.3. The van der Waals surface area contributed by atoms with Crippen molar-refractivity contribution in [3.63, 3.8) is 0 Å². The molecule has 326 valence electrons. The Morgan fingerprint density at radius 3 is 1.07 bits per heavy atom. The molecule has 2 amide bonds. The predicted octanol–water partition coefficient (Wildman–Crippen LogP) is 13.4. The maximum atomic E-state index is 14.1. The van der Waals surface area contributed by atoms with Crippen molar-refractivity contribution in [3.05, 3.63) is 96.6 Å². The molecule has 0 fully saturated rings. The Morgan fingerprint density at radius 1 is 0.400 bits per heavy atom. The molecule has 8 heteroatoms. The van der Waals surface area contributed by atoms with E-state index < -0.39 is 0 Å². The third-order valence-electron chi connectivity index (χ3n) is 11.5. The first-order valence-electron chi connectivity index (χ1n) is 23.9. The highest BCUT2D eigenvalue weighted by atomic mass is 16.2. The summed E-state index contributed by atoms with van der Waals surface area (Å²) in [5.41, 5.74) is 4.81. The quantitative estimate of drug-likeness (QED) is 0.0445. The average molecular weight is 817 g/mol. The van der Waals surface area contributed by atoms with Crippen LogP contribution in [0.5, 0.6) is 0 Å². The smallest absolute Gasteiger partial charge is 0.222 e. The molecule has 4 aromatic heterocycles. The highest BCUT2D eigenvalue weighted by Gasteiger charge is 2.20.